The minimum Gasteiger partial charge on any atom is -0.338 e. The molecule has 1 amide bonds. The number of likely N-dealkylation sites (tertiary alicyclic amines) is 1. The van der Waals surface area contributed by atoms with Gasteiger partial charge in [-0.2, -0.15) is 4.98 Å². The molecule has 0 aliphatic carbocycles. The highest BCUT2D eigenvalue weighted by Gasteiger charge is 2.33. The second kappa shape index (κ2) is 6.67. The van der Waals surface area contributed by atoms with Crippen molar-refractivity contribution in [2.75, 3.05) is 6.54 Å². The van der Waals surface area contributed by atoms with Crippen LogP contribution < -0.4 is 0 Å². The summed E-state index contributed by atoms with van der Waals surface area (Å²) >= 11 is 0. The van der Waals surface area contributed by atoms with Crippen LogP contribution in [0.2, 0.25) is 0 Å². The lowest BCUT2D eigenvalue weighted by atomic mass is 10.1. The van der Waals surface area contributed by atoms with Crippen LogP contribution in [0.5, 0.6) is 0 Å². The van der Waals surface area contributed by atoms with Crippen LogP contribution in [0.4, 0.5) is 4.39 Å². The largest absolute Gasteiger partial charge is 0.338 e. The zero-order valence-electron chi connectivity index (χ0n) is 14.2. The molecule has 6 nitrogen and oxygen atoms in total. The molecule has 0 N–H and O–H groups in total. The van der Waals surface area contributed by atoms with Crippen LogP contribution in [0.25, 0.3) is 11.5 Å². The summed E-state index contributed by atoms with van der Waals surface area (Å²) in [5, 5.41) is 4.04. The van der Waals surface area contributed by atoms with Crippen molar-refractivity contribution in [3.8, 4) is 11.5 Å². The Labute approximate surface area is 149 Å². The first-order valence-electron chi connectivity index (χ1n) is 8.37. The number of amides is 1. The molecule has 0 spiro atoms. The molecule has 0 bridgehead atoms. The first-order chi connectivity index (χ1) is 12.6. The number of carbonyl (C=O) groups excluding carboxylic acids is 1. The summed E-state index contributed by atoms with van der Waals surface area (Å²) < 4.78 is 18.3. The maximum Gasteiger partial charge on any atom is 0.259 e. The fourth-order valence-corrected chi connectivity index (χ4v) is 3.02. The Hall–Kier alpha value is -3.09. The quantitative estimate of drug-likeness (QED) is 0.721. The zero-order chi connectivity index (χ0) is 18.1. The highest BCUT2D eigenvalue weighted by molar-refractivity contribution is 5.79. The molecular formula is C19H17FN4O2. The van der Waals surface area contributed by atoms with Gasteiger partial charge in [-0.05, 0) is 36.8 Å². The van der Waals surface area contributed by atoms with Gasteiger partial charge in [0.25, 0.3) is 5.89 Å². The van der Waals surface area contributed by atoms with Crippen molar-refractivity contribution in [2.45, 2.75) is 25.8 Å². The van der Waals surface area contributed by atoms with Crippen molar-refractivity contribution in [1.82, 2.24) is 20.0 Å². The number of hydrogen-bond donors (Lipinski definition) is 0. The van der Waals surface area contributed by atoms with Crippen molar-refractivity contribution in [3.63, 3.8) is 0 Å². The zero-order valence-corrected chi connectivity index (χ0v) is 14.2. The van der Waals surface area contributed by atoms with E-state index >= 15 is 0 Å². The van der Waals surface area contributed by atoms with E-state index in [0.717, 1.165) is 16.8 Å². The minimum atomic E-state index is -0.288. The van der Waals surface area contributed by atoms with Crippen LogP contribution >= 0.6 is 0 Å². The lowest BCUT2D eigenvalue weighted by molar-refractivity contribution is -0.128. The Morgan fingerprint density at radius 2 is 2.04 bits per heavy atom. The smallest absolute Gasteiger partial charge is 0.259 e. The highest BCUT2D eigenvalue weighted by atomic mass is 19.1. The lowest BCUT2D eigenvalue weighted by Crippen LogP contribution is -2.24. The van der Waals surface area contributed by atoms with E-state index < -0.39 is 0 Å². The average molecular weight is 352 g/mol. The molecule has 3 heterocycles. The van der Waals surface area contributed by atoms with E-state index in [1.165, 1.54) is 12.1 Å². The Morgan fingerprint density at radius 1 is 1.23 bits per heavy atom. The number of halogens is 1. The van der Waals surface area contributed by atoms with Gasteiger partial charge in [-0.1, -0.05) is 17.3 Å². The van der Waals surface area contributed by atoms with Gasteiger partial charge in [-0.3, -0.25) is 9.78 Å². The average Bonchev–Trinajstić information content (AvgIpc) is 3.25. The second-order valence-electron chi connectivity index (χ2n) is 6.45. The Morgan fingerprint density at radius 3 is 2.77 bits per heavy atom. The van der Waals surface area contributed by atoms with Crippen LogP contribution in [0.15, 0.2) is 47.1 Å². The number of nitrogens with zero attached hydrogens (tertiary/aromatic N) is 4. The summed E-state index contributed by atoms with van der Waals surface area (Å²) in [7, 11) is 0. The summed E-state index contributed by atoms with van der Waals surface area (Å²) in [4.78, 5) is 22.7. The highest BCUT2D eigenvalue weighted by Crippen LogP contribution is 2.29. The normalized spacial score (nSPS) is 17.1. The number of hydrogen-bond acceptors (Lipinski definition) is 5. The Balaban J connectivity index is 1.47. The molecule has 0 saturated carbocycles. The summed E-state index contributed by atoms with van der Waals surface area (Å²) in [6.45, 7) is 2.87. The molecule has 1 fully saturated rings. The van der Waals surface area contributed by atoms with Crippen LogP contribution in [-0.2, 0) is 11.3 Å². The van der Waals surface area contributed by atoms with Crippen LogP contribution in [0, 0.1) is 12.7 Å². The van der Waals surface area contributed by atoms with Gasteiger partial charge < -0.3 is 9.42 Å². The van der Waals surface area contributed by atoms with Crippen molar-refractivity contribution in [3.05, 3.63) is 65.5 Å². The lowest BCUT2D eigenvalue weighted by Gasteiger charge is -2.16. The molecule has 1 aliphatic rings. The molecule has 4 rings (SSSR count). The molecule has 26 heavy (non-hydrogen) atoms. The third kappa shape index (κ3) is 3.33. The van der Waals surface area contributed by atoms with Gasteiger partial charge in [-0.15, -0.1) is 0 Å². The van der Waals surface area contributed by atoms with Crippen LogP contribution in [0.1, 0.15) is 29.4 Å². The number of aromatic nitrogens is 3. The van der Waals surface area contributed by atoms with Crippen molar-refractivity contribution >= 4 is 5.91 Å². The van der Waals surface area contributed by atoms with E-state index in [9.17, 15) is 9.18 Å². The van der Waals surface area contributed by atoms with Crippen LogP contribution in [0.3, 0.4) is 0 Å². The third-order valence-electron chi connectivity index (χ3n) is 4.47. The van der Waals surface area contributed by atoms with E-state index in [0.29, 0.717) is 31.2 Å². The molecule has 2 aromatic heterocycles. The van der Waals surface area contributed by atoms with E-state index in [1.54, 1.807) is 23.2 Å². The van der Waals surface area contributed by atoms with Gasteiger partial charge in [-0.25, -0.2) is 4.39 Å². The van der Waals surface area contributed by atoms with E-state index in [-0.39, 0.29) is 17.6 Å². The molecule has 1 aromatic carbocycles. The predicted molar refractivity (Wildman–Crippen MR) is 91.4 cm³/mol. The van der Waals surface area contributed by atoms with Crippen molar-refractivity contribution < 1.29 is 13.7 Å². The second-order valence-corrected chi connectivity index (χ2v) is 6.45. The van der Waals surface area contributed by atoms with Gasteiger partial charge in [0, 0.05) is 37.3 Å². The summed E-state index contributed by atoms with van der Waals surface area (Å²) in [5.74, 6) is 0.554. The molecular weight excluding hydrogens is 335 g/mol. The van der Waals surface area contributed by atoms with E-state index in [2.05, 4.69) is 15.1 Å². The molecule has 1 atom stereocenters. The number of aryl methyl sites for hydroxylation is 1. The molecule has 1 saturated heterocycles. The molecule has 1 aliphatic heterocycles. The maximum atomic E-state index is 13.0. The fourth-order valence-electron chi connectivity index (χ4n) is 3.02. The van der Waals surface area contributed by atoms with E-state index in [1.807, 2.05) is 19.1 Å². The number of pyridine rings is 1. The maximum absolute atomic E-state index is 13.0. The summed E-state index contributed by atoms with van der Waals surface area (Å²) in [6.07, 6.45) is 2.03. The fraction of sp³-hybridized carbons (Fsp3) is 0.263. The SMILES string of the molecule is Cc1ccc(-c2nc([C@H]3CC(=O)N(Cc4ccc(F)cc4)C3)no2)cn1. The topological polar surface area (TPSA) is 72.1 Å². The van der Waals surface area contributed by atoms with Crippen LogP contribution in [-0.4, -0.2) is 32.5 Å². The molecule has 0 unspecified atom stereocenters. The Bertz CT molecular complexity index is 921. The molecule has 0 radical (unpaired) electrons. The van der Waals surface area contributed by atoms with Crippen molar-refractivity contribution in [1.29, 1.82) is 0 Å². The van der Waals surface area contributed by atoms with Gasteiger partial charge in [0.1, 0.15) is 5.82 Å². The third-order valence-corrected chi connectivity index (χ3v) is 4.47. The number of carbonyl (C=O) groups is 1. The summed E-state index contributed by atoms with van der Waals surface area (Å²) in [6, 6.07) is 9.92. The molecule has 132 valence electrons. The number of benzene rings is 1. The van der Waals surface area contributed by atoms with Gasteiger partial charge in [0.05, 0.1) is 5.56 Å². The van der Waals surface area contributed by atoms with E-state index in [4.69, 9.17) is 4.52 Å². The first kappa shape index (κ1) is 16.4. The van der Waals surface area contributed by atoms with Crippen molar-refractivity contribution in [2.24, 2.45) is 0 Å². The van der Waals surface area contributed by atoms with Gasteiger partial charge in [0.2, 0.25) is 5.91 Å². The minimum absolute atomic E-state index is 0.0303. The standard InChI is InChI=1S/C19H17FN4O2/c1-12-2-5-14(9-21-12)19-22-18(23-26-19)15-8-17(25)24(11-15)10-13-3-6-16(20)7-4-13/h2-7,9,15H,8,10-11H2,1H3/t15-/m0/s1. The predicted octanol–water partition coefficient (Wildman–Crippen LogP) is 3.10. The Kier molecular flexibility index (Phi) is 4.20. The summed E-state index contributed by atoms with van der Waals surface area (Å²) in [5.41, 5.74) is 2.55. The monoisotopic (exact) mass is 352 g/mol. The van der Waals surface area contributed by atoms with Gasteiger partial charge in [0.15, 0.2) is 5.82 Å². The molecule has 7 heteroatoms. The number of rotatable bonds is 4. The van der Waals surface area contributed by atoms with Gasteiger partial charge >= 0.3 is 0 Å². The first-order valence-corrected chi connectivity index (χ1v) is 8.37. The molecule has 3 aromatic rings.